The van der Waals surface area contributed by atoms with E-state index < -0.39 is 17.8 Å². The van der Waals surface area contributed by atoms with Crippen molar-refractivity contribution in [3.8, 4) is 0 Å². The van der Waals surface area contributed by atoms with Crippen LogP contribution < -0.4 is 0 Å². The number of hydrogen-bond donors (Lipinski definition) is 2. The molecule has 2 saturated heterocycles. The minimum Gasteiger partial charge on any atom is -0.391 e. The Morgan fingerprint density at radius 1 is 1.14 bits per heavy atom. The predicted molar refractivity (Wildman–Crippen MR) is 140 cm³/mol. The second kappa shape index (κ2) is 9.97. The first-order chi connectivity index (χ1) is 17.2. The van der Waals surface area contributed by atoms with Crippen molar-refractivity contribution in [3.05, 3.63) is 56.9 Å². The zero-order chi connectivity index (χ0) is 25.6. The molecule has 190 valence electrons. The number of H-pyrrole nitrogens is 1. The van der Waals surface area contributed by atoms with Gasteiger partial charge in [-0.25, -0.2) is 0 Å². The summed E-state index contributed by atoms with van der Waals surface area (Å²) in [7, 11) is 0. The summed E-state index contributed by atoms with van der Waals surface area (Å²) in [5.41, 5.74) is 2.36. The molecule has 3 aromatic rings. The van der Waals surface area contributed by atoms with Crippen LogP contribution in [0.5, 0.6) is 0 Å². The number of halogens is 1. The number of rotatable bonds is 5. The lowest BCUT2D eigenvalue weighted by Crippen LogP contribution is -2.57. The number of amides is 2. The summed E-state index contributed by atoms with van der Waals surface area (Å²) in [5.74, 6) is -1.51. The van der Waals surface area contributed by atoms with E-state index in [9.17, 15) is 19.5 Å². The van der Waals surface area contributed by atoms with Crippen LogP contribution in [0.4, 0.5) is 0 Å². The van der Waals surface area contributed by atoms with E-state index >= 15 is 0 Å². The van der Waals surface area contributed by atoms with Crippen molar-refractivity contribution in [2.75, 3.05) is 26.2 Å². The number of Topliss-reactive ketones (excluding diaryl/α,β-unsaturated/α-hetero) is 1. The van der Waals surface area contributed by atoms with Gasteiger partial charge in [-0.15, -0.1) is 0 Å². The van der Waals surface area contributed by atoms with E-state index in [0.717, 1.165) is 13.1 Å². The average Bonchev–Trinajstić information content (AvgIpc) is 3.60. The molecule has 3 atom stereocenters. The third-order valence-electron chi connectivity index (χ3n) is 7.23. The highest BCUT2D eigenvalue weighted by atomic mass is 35.5. The molecule has 10 heteroatoms. The van der Waals surface area contributed by atoms with E-state index in [4.69, 9.17) is 11.6 Å². The standard InChI is InChI=1S/C26H29ClN4O4S/c1-15-11-31(16(2)10-30(15)12-17-4-6-36-14-17)25(34)20-7-19-21(9-28-23(19)8-22(20)27)24(33)26(35)29-5-3-18(32)13-29/h4,6-9,14-16,18,28,32H,3,5,10-13H2,1-2H3/t15-,16+,18?/m0/s1. The topological polar surface area (TPSA) is 97.0 Å². The summed E-state index contributed by atoms with van der Waals surface area (Å²) >= 11 is 8.21. The molecule has 36 heavy (non-hydrogen) atoms. The monoisotopic (exact) mass is 528 g/mol. The van der Waals surface area contributed by atoms with E-state index in [2.05, 4.69) is 33.6 Å². The van der Waals surface area contributed by atoms with Gasteiger partial charge in [0.25, 0.3) is 17.6 Å². The summed E-state index contributed by atoms with van der Waals surface area (Å²) in [4.78, 5) is 48.0. The molecular weight excluding hydrogens is 500 g/mol. The Labute approximate surface area is 218 Å². The summed E-state index contributed by atoms with van der Waals surface area (Å²) < 4.78 is 0. The quantitative estimate of drug-likeness (QED) is 0.391. The second-order valence-corrected chi connectivity index (χ2v) is 11.0. The number of nitrogens with zero attached hydrogens (tertiary/aromatic N) is 3. The number of aromatic nitrogens is 1. The molecule has 0 spiro atoms. The molecular formula is C26H29ClN4O4S. The molecule has 8 nitrogen and oxygen atoms in total. The predicted octanol–water partition coefficient (Wildman–Crippen LogP) is 3.39. The average molecular weight is 529 g/mol. The van der Waals surface area contributed by atoms with Crippen LogP contribution in [-0.2, 0) is 11.3 Å². The van der Waals surface area contributed by atoms with Gasteiger partial charge in [0.05, 0.1) is 22.3 Å². The third kappa shape index (κ3) is 4.68. The van der Waals surface area contributed by atoms with Gasteiger partial charge >= 0.3 is 0 Å². The molecule has 5 rings (SSSR count). The number of carbonyl (C=O) groups excluding carboxylic acids is 3. The number of aromatic amines is 1. The van der Waals surface area contributed by atoms with Crippen molar-refractivity contribution in [1.82, 2.24) is 19.7 Å². The first kappa shape index (κ1) is 25.0. The maximum atomic E-state index is 13.7. The van der Waals surface area contributed by atoms with Gasteiger partial charge in [0.15, 0.2) is 0 Å². The number of ketones is 1. The summed E-state index contributed by atoms with van der Waals surface area (Å²) in [6.45, 7) is 6.80. The van der Waals surface area contributed by atoms with Gasteiger partial charge in [0.1, 0.15) is 0 Å². The third-order valence-corrected chi connectivity index (χ3v) is 8.28. The smallest absolute Gasteiger partial charge is 0.295 e. The number of thiophene rings is 1. The number of fused-ring (bicyclic) bond motifs is 1. The lowest BCUT2D eigenvalue weighted by molar-refractivity contribution is -0.125. The van der Waals surface area contributed by atoms with Crippen molar-refractivity contribution in [1.29, 1.82) is 0 Å². The van der Waals surface area contributed by atoms with Gasteiger partial charge in [-0.1, -0.05) is 11.6 Å². The highest BCUT2D eigenvalue weighted by molar-refractivity contribution is 7.07. The molecule has 0 bridgehead atoms. The number of β-amino-alcohol motifs (C(OH)–C–C–N with tert-alkyl or cyclic N) is 1. The Morgan fingerprint density at radius 2 is 1.94 bits per heavy atom. The maximum Gasteiger partial charge on any atom is 0.295 e. The van der Waals surface area contributed by atoms with Crippen molar-refractivity contribution >= 4 is 51.4 Å². The largest absolute Gasteiger partial charge is 0.391 e. The number of likely N-dealkylation sites (tertiary alicyclic amines) is 1. The number of nitrogens with one attached hydrogen (secondary N) is 1. The van der Waals surface area contributed by atoms with E-state index in [0.29, 0.717) is 41.0 Å². The molecule has 4 heterocycles. The Morgan fingerprint density at radius 3 is 2.64 bits per heavy atom. The minimum absolute atomic E-state index is 0.0189. The van der Waals surface area contributed by atoms with Gasteiger partial charge in [-0.2, -0.15) is 11.3 Å². The Hall–Kier alpha value is -2.72. The molecule has 2 fully saturated rings. The Kier molecular flexibility index (Phi) is 6.91. The van der Waals surface area contributed by atoms with Gasteiger partial charge in [-0.3, -0.25) is 19.3 Å². The molecule has 0 saturated carbocycles. The second-order valence-electron chi connectivity index (χ2n) is 9.82. The van der Waals surface area contributed by atoms with Crippen LogP contribution >= 0.6 is 22.9 Å². The van der Waals surface area contributed by atoms with Crippen LogP contribution in [0.3, 0.4) is 0 Å². The van der Waals surface area contributed by atoms with E-state index in [-0.39, 0.29) is 30.1 Å². The number of benzene rings is 1. The summed E-state index contributed by atoms with van der Waals surface area (Å²) in [6.07, 6.45) is 1.33. The van der Waals surface area contributed by atoms with E-state index in [1.807, 2.05) is 11.8 Å². The van der Waals surface area contributed by atoms with Crippen LogP contribution in [0.2, 0.25) is 5.02 Å². The van der Waals surface area contributed by atoms with Crippen LogP contribution in [0, 0.1) is 0 Å². The molecule has 2 amide bonds. The summed E-state index contributed by atoms with van der Waals surface area (Å²) in [6, 6.07) is 5.53. The van der Waals surface area contributed by atoms with Crippen molar-refractivity contribution < 1.29 is 19.5 Å². The number of aliphatic hydroxyl groups excluding tert-OH is 1. The molecule has 0 aliphatic carbocycles. The Balaban J connectivity index is 1.38. The van der Waals surface area contributed by atoms with Gasteiger partial charge in [-0.05, 0) is 54.8 Å². The highest BCUT2D eigenvalue weighted by Crippen LogP contribution is 2.30. The van der Waals surface area contributed by atoms with Crippen LogP contribution in [0.1, 0.15) is 46.5 Å². The number of aliphatic hydroxyl groups is 1. The molecule has 1 aromatic carbocycles. The molecule has 2 aromatic heterocycles. The molecule has 2 aliphatic rings. The zero-order valence-corrected chi connectivity index (χ0v) is 21.8. The Bertz CT molecular complexity index is 1310. The fraction of sp³-hybridized carbons (Fsp3) is 0.423. The molecule has 1 unspecified atom stereocenters. The van der Waals surface area contributed by atoms with Gasteiger partial charge < -0.3 is 19.9 Å². The highest BCUT2D eigenvalue weighted by Gasteiger charge is 2.34. The SMILES string of the molecule is C[C@@H]1CN(Cc2ccsc2)[C@@H](C)CN1C(=O)c1cc2c(C(=O)C(=O)N3CCC(O)C3)c[nH]c2cc1Cl. The fourth-order valence-electron chi connectivity index (χ4n) is 5.15. The zero-order valence-electron chi connectivity index (χ0n) is 20.2. The lowest BCUT2D eigenvalue weighted by atomic mass is 10.0. The van der Waals surface area contributed by atoms with Crippen molar-refractivity contribution in [2.24, 2.45) is 0 Å². The normalized spacial score (nSPS) is 22.9. The van der Waals surface area contributed by atoms with Gasteiger partial charge in [0, 0.05) is 61.9 Å². The number of carbonyl (C=O) groups is 3. The summed E-state index contributed by atoms with van der Waals surface area (Å²) in [5, 5.41) is 14.7. The first-order valence-electron chi connectivity index (χ1n) is 12.1. The number of hydrogen-bond acceptors (Lipinski definition) is 6. The van der Waals surface area contributed by atoms with Crippen LogP contribution in [0.25, 0.3) is 10.9 Å². The maximum absolute atomic E-state index is 13.7. The van der Waals surface area contributed by atoms with Crippen LogP contribution in [0.15, 0.2) is 35.2 Å². The lowest BCUT2D eigenvalue weighted by Gasteiger charge is -2.44. The number of piperazine rings is 1. The molecule has 2 aliphatic heterocycles. The van der Waals surface area contributed by atoms with E-state index in [1.54, 1.807) is 23.5 Å². The van der Waals surface area contributed by atoms with Crippen LogP contribution in [-0.4, -0.2) is 86.8 Å². The molecule has 0 radical (unpaired) electrons. The van der Waals surface area contributed by atoms with Crippen molar-refractivity contribution in [3.63, 3.8) is 0 Å². The van der Waals surface area contributed by atoms with Gasteiger partial charge in [0.2, 0.25) is 0 Å². The minimum atomic E-state index is -0.667. The first-order valence-corrected chi connectivity index (χ1v) is 13.4. The fourth-order valence-corrected chi connectivity index (χ4v) is 6.06. The van der Waals surface area contributed by atoms with E-state index in [1.165, 1.54) is 16.7 Å². The molecule has 2 N–H and O–H groups in total. The van der Waals surface area contributed by atoms with Crippen molar-refractivity contribution in [2.45, 2.75) is 45.0 Å².